The number of allylic oxidation sites excluding steroid dienone is 2. The van der Waals surface area contributed by atoms with Crippen molar-refractivity contribution in [2.45, 2.75) is 20.3 Å². The van der Waals surface area contributed by atoms with Crippen molar-refractivity contribution in [1.82, 2.24) is 10.2 Å². The molecular weight excluding hydrogens is 212 g/mol. The fourth-order valence-corrected chi connectivity index (χ4v) is 2.82. The van der Waals surface area contributed by atoms with Crippen LogP contribution in [0.1, 0.15) is 20.3 Å². The second-order valence-corrected chi connectivity index (χ2v) is 5.74. The Morgan fingerprint density at radius 1 is 1.47 bits per heavy atom. The molecule has 94 valence electrons. The van der Waals surface area contributed by atoms with E-state index in [-0.39, 0.29) is 11.3 Å². The van der Waals surface area contributed by atoms with Crippen molar-refractivity contribution in [3.63, 3.8) is 0 Å². The average molecular weight is 234 g/mol. The van der Waals surface area contributed by atoms with Gasteiger partial charge in [-0.2, -0.15) is 0 Å². The highest BCUT2D eigenvalue weighted by atomic mass is 16.1. The van der Waals surface area contributed by atoms with Gasteiger partial charge in [0, 0.05) is 31.9 Å². The Morgan fingerprint density at radius 2 is 2.12 bits per heavy atom. The maximum absolute atomic E-state index is 11.3. The topological polar surface area (TPSA) is 32.3 Å². The van der Waals surface area contributed by atoms with E-state index in [2.05, 4.69) is 36.7 Å². The fourth-order valence-electron chi connectivity index (χ4n) is 2.82. The largest absolute Gasteiger partial charge is 0.372 e. The van der Waals surface area contributed by atoms with Crippen molar-refractivity contribution in [2.24, 2.45) is 11.3 Å². The lowest BCUT2D eigenvalue weighted by atomic mass is 9.74. The summed E-state index contributed by atoms with van der Waals surface area (Å²) in [6.07, 6.45) is 4.23. The molecule has 1 atom stereocenters. The minimum Gasteiger partial charge on any atom is -0.372 e. The highest BCUT2D eigenvalue weighted by molar-refractivity contribution is 5.65. The molecule has 1 fully saturated rings. The van der Waals surface area contributed by atoms with E-state index < -0.39 is 0 Å². The average Bonchev–Trinajstić information content (AvgIpc) is 2.28. The second kappa shape index (κ2) is 4.65. The van der Waals surface area contributed by atoms with Crippen LogP contribution in [0.3, 0.4) is 0 Å². The molecule has 0 saturated carbocycles. The van der Waals surface area contributed by atoms with Crippen LogP contribution in [0, 0.1) is 11.3 Å². The Kier molecular flexibility index (Phi) is 3.38. The van der Waals surface area contributed by atoms with Crippen molar-refractivity contribution >= 4 is 6.29 Å². The minimum atomic E-state index is -0.0962. The van der Waals surface area contributed by atoms with E-state index in [1.807, 2.05) is 0 Å². The van der Waals surface area contributed by atoms with Gasteiger partial charge in [0.1, 0.15) is 6.29 Å². The SMILES string of the molecule is C=C1CC(C)(C)C=C(N2CCNCC2)C1C=O. The maximum Gasteiger partial charge on any atom is 0.132 e. The predicted octanol–water partition coefficient (Wildman–Crippen LogP) is 1.58. The molecule has 1 unspecified atom stereocenters. The summed E-state index contributed by atoms with van der Waals surface area (Å²) in [5.41, 5.74) is 2.35. The van der Waals surface area contributed by atoms with Gasteiger partial charge in [0.05, 0.1) is 5.92 Å². The molecule has 1 aliphatic carbocycles. The molecule has 2 rings (SSSR count). The molecule has 0 aromatic rings. The van der Waals surface area contributed by atoms with Crippen molar-refractivity contribution in [3.8, 4) is 0 Å². The van der Waals surface area contributed by atoms with E-state index in [9.17, 15) is 4.79 Å². The number of carbonyl (C=O) groups excluding carboxylic acids is 1. The smallest absolute Gasteiger partial charge is 0.132 e. The van der Waals surface area contributed by atoms with Gasteiger partial charge in [-0.25, -0.2) is 0 Å². The zero-order valence-corrected chi connectivity index (χ0v) is 10.8. The van der Waals surface area contributed by atoms with Crippen LogP contribution in [0.25, 0.3) is 0 Å². The first-order valence-electron chi connectivity index (χ1n) is 6.35. The number of hydrogen-bond donors (Lipinski definition) is 1. The number of piperazine rings is 1. The first-order chi connectivity index (χ1) is 8.03. The quantitative estimate of drug-likeness (QED) is 0.581. The summed E-state index contributed by atoms with van der Waals surface area (Å²) in [4.78, 5) is 13.6. The highest BCUT2D eigenvalue weighted by Crippen LogP contribution is 2.39. The number of rotatable bonds is 2. The summed E-state index contributed by atoms with van der Waals surface area (Å²) in [6.45, 7) is 12.5. The summed E-state index contributed by atoms with van der Waals surface area (Å²) in [6, 6.07) is 0. The van der Waals surface area contributed by atoms with Gasteiger partial charge >= 0.3 is 0 Å². The molecule has 1 saturated heterocycles. The minimum absolute atomic E-state index is 0.0962. The molecule has 1 aliphatic heterocycles. The fraction of sp³-hybridized carbons (Fsp3) is 0.643. The molecule has 0 radical (unpaired) electrons. The first kappa shape index (κ1) is 12.4. The van der Waals surface area contributed by atoms with Crippen LogP contribution < -0.4 is 5.32 Å². The second-order valence-electron chi connectivity index (χ2n) is 5.74. The van der Waals surface area contributed by atoms with Crippen molar-refractivity contribution in [3.05, 3.63) is 23.9 Å². The third-order valence-corrected chi connectivity index (χ3v) is 3.60. The van der Waals surface area contributed by atoms with E-state index in [1.54, 1.807) is 0 Å². The lowest BCUT2D eigenvalue weighted by Crippen LogP contribution is -2.45. The molecule has 0 aromatic heterocycles. The number of hydrogen-bond acceptors (Lipinski definition) is 3. The van der Waals surface area contributed by atoms with Crippen LogP contribution in [0.5, 0.6) is 0 Å². The van der Waals surface area contributed by atoms with Gasteiger partial charge in [0.15, 0.2) is 0 Å². The van der Waals surface area contributed by atoms with Gasteiger partial charge in [-0.1, -0.05) is 32.1 Å². The normalized spacial score (nSPS) is 28.8. The summed E-state index contributed by atoms with van der Waals surface area (Å²) >= 11 is 0. The molecule has 2 aliphatic rings. The van der Waals surface area contributed by atoms with Gasteiger partial charge < -0.3 is 15.0 Å². The van der Waals surface area contributed by atoms with E-state index in [0.29, 0.717) is 0 Å². The van der Waals surface area contributed by atoms with Crippen LogP contribution in [0.2, 0.25) is 0 Å². The third kappa shape index (κ3) is 2.60. The van der Waals surface area contributed by atoms with Crippen LogP contribution in [0.4, 0.5) is 0 Å². The van der Waals surface area contributed by atoms with Gasteiger partial charge in [-0.05, 0) is 11.8 Å². The maximum atomic E-state index is 11.3. The van der Waals surface area contributed by atoms with Crippen LogP contribution >= 0.6 is 0 Å². The van der Waals surface area contributed by atoms with Crippen molar-refractivity contribution < 1.29 is 4.79 Å². The lowest BCUT2D eigenvalue weighted by Gasteiger charge is -2.40. The Hall–Kier alpha value is -1.09. The lowest BCUT2D eigenvalue weighted by molar-refractivity contribution is -0.110. The van der Waals surface area contributed by atoms with E-state index >= 15 is 0 Å². The Bertz CT molecular complexity index is 351. The zero-order chi connectivity index (χ0) is 12.5. The van der Waals surface area contributed by atoms with Crippen LogP contribution in [-0.2, 0) is 4.79 Å². The number of aldehydes is 1. The first-order valence-corrected chi connectivity index (χ1v) is 6.35. The zero-order valence-electron chi connectivity index (χ0n) is 10.8. The molecule has 0 bridgehead atoms. The monoisotopic (exact) mass is 234 g/mol. The number of carbonyl (C=O) groups is 1. The van der Waals surface area contributed by atoms with Gasteiger partial charge in [0.25, 0.3) is 0 Å². The van der Waals surface area contributed by atoms with Gasteiger partial charge in [-0.15, -0.1) is 0 Å². The molecule has 0 amide bonds. The predicted molar refractivity (Wildman–Crippen MR) is 69.6 cm³/mol. The highest BCUT2D eigenvalue weighted by Gasteiger charge is 2.33. The molecule has 0 spiro atoms. The molecule has 1 heterocycles. The Balaban J connectivity index is 2.28. The standard InChI is InChI=1S/C14H22N2O/c1-11-8-14(2,3)9-13(12(11)10-17)16-6-4-15-5-7-16/h9-10,12,15H,1,4-8H2,2-3H3. The van der Waals surface area contributed by atoms with Crippen molar-refractivity contribution in [1.29, 1.82) is 0 Å². The number of nitrogens with zero attached hydrogens (tertiary/aromatic N) is 1. The van der Waals surface area contributed by atoms with Gasteiger partial charge in [-0.3, -0.25) is 0 Å². The summed E-state index contributed by atoms with van der Waals surface area (Å²) in [7, 11) is 0. The van der Waals surface area contributed by atoms with Crippen LogP contribution in [-0.4, -0.2) is 37.4 Å². The van der Waals surface area contributed by atoms with Crippen molar-refractivity contribution in [2.75, 3.05) is 26.2 Å². The van der Waals surface area contributed by atoms with E-state index in [1.165, 1.54) is 5.70 Å². The van der Waals surface area contributed by atoms with E-state index in [0.717, 1.165) is 44.5 Å². The summed E-state index contributed by atoms with van der Waals surface area (Å²) in [5.74, 6) is -0.0962. The molecule has 3 nitrogen and oxygen atoms in total. The van der Waals surface area contributed by atoms with Crippen LogP contribution in [0.15, 0.2) is 23.9 Å². The molecule has 0 aromatic carbocycles. The Labute approximate surface area is 104 Å². The molecule has 3 heteroatoms. The summed E-state index contributed by atoms with van der Waals surface area (Å²) in [5, 5.41) is 3.34. The Morgan fingerprint density at radius 3 is 2.71 bits per heavy atom. The third-order valence-electron chi connectivity index (χ3n) is 3.60. The van der Waals surface area contributed by atoms with E-state index in [4.69, 9.17) is 0 Å². The number of nitrogens with one attached hydrogen (secondary N) is 1. The molecule has 17 heavy (non-hydrogen) atoms. The van der Waals surface area contributed by atoms with Gasteiger partial charge in [0.2, 0.25) is 0 Å². The molecular formula is C14H22N2O. The summed E-state index contributed by atoms with van der Waals surface area (Å²) < 4.78 is 0. The molecule has 1 N–H and O–H groups in total.